The Hall–Kier alpha value is -2.25. The van der Waals surface area contributed by atoms with Gasteiger partial charge in [-0.3, -0.25) is 9.10 Å². The van der Waals surface area contributed by atoms with Crippen LogP contribution in [0, 0.1) is 6.92 Å². The topological polar surface area (TPSA) is 75.7 Å². The highest BCUT2D eigenvalue weighted by atomic mass is 35.5. The summed E-state index contributed by atoms with van der Waals surface area (Å²) in [5, 5.41) is 3.42. The van der Waals surface area contributed by atoms with Crippen molar-refractivity contribution in [2.75, 3.05) is 17.1 Å². The summed E-state index contributed by atoms with van der Waals surface area (Å²) in [5.74, 6) is 0.326. The molecule has 1 aliphatic heterocycles. The summed E-state index contributed by atoms with van der Waals surface area (Å²) in [6.07, 6.45) is 1.65. The Morgan fingerprint density at radius 3 is 2.62 bits per heavy atom. The molecule has 1 heterocycles. The number of fused-ring (bicyclic) bond motifs is 1. The molecule has 0 aliphatic carbocycles. The maximum atomic E-state index is 12.9. The van der Waals surface area contributed by atoms with Gasteiger partial charge in [0, 0.05) is 17.0 Å². The van der Waals surface area contributed by atoms with Crippen LogP contribution in [-0.4, -0.2) is 32.7 Å². The summed E-state index contributed by atoms with van der Waals surface area (Å²) in [7, 11) is -3.69. The average Bonchev–Trinajstić information content (AvgIpc) is 2.60. The van der Waals surface area contributed by atoms with Crippen LogP contribution in [0.15, 0.2) is 42.5 Å². The summed E-state index contributed by atoms with van der Waals surface area (Å²) in [6, 6.07) is 12.3. The van der Waals surface area contributed by atoms with E-state index in [1.54, 1.807) is 25.1 Å². The molecule has 0 spiro atoms. The monoisotopic (exact) mass is 436 g/mol. The number of halogens is 1. The summed E-state index contributed by atoms with van der Waals surface area (Å²) in [6.45, 7) is 5.31. The predicted molar refractivity (Wildman–Crippen MR) is 115 cm³/mol. The van der Waals surface area contributed by atoms with E-state index in [9.17, 15) is 13.2 Å². The predicted octanol–water partition coefficient (Wildman–Crippen LogP) is 3.83. The van der Waals surface area contributed by atoms with Gasteiger partial charge in [-0.1, -0.05) is 35.9 Å². The van der Waals surface area contributed by atoms with E-state index in [1.807, 2.05) is 38.1 Å². The molecule has 0 aromatic heterocycles. The van der Waals surface area contributed by atoms with Gasteiger partial charge in [0.1, 0.15) is 17.9 Å². The normalized spacial score (nSPS) is 17.8. The molecule has 0 fully saturated rings. The van der Waals surface area contributed by atoms with Gasteiger partial charge in [-0.05, 0) is 44.5 Å². The van der Waals surface area contributed by atoms with E-state index in [4.69, 9.17) is 16.3 Å². The summed E-state index contributed by atoms with van der Waals surface area (Å²) in [4.78, 5) is 12.9. The second-order valence-electron chi connectivity index (χ2n) is 7.88. The Labute approximate surface area is 176 Å². The van der Waals surface area contributed by atoms with E-state index in [0.29, 0.717) is 22.7 Å². The third kappa shape index (κ3) is 4.85. The summed E-state index contributed by atoms with van der Waals surface area (Å²) in [5.41, 5.74) is 1.42. The third-order valence-electron chi connectivity index (χ3n) is 4.91. The van der Waals surface area contributed by atoms with Crippen LogP contribution in [0.25, 0.3) is 0 Å². The standard InChI is InChI=1S/C21H25ClN2O4S/c1-14-16(22)9-7-10-18(14)24(29(4,26)27)13-20(25)23-17-12-21(2,3)28-19-11-6-5-8-15(17)19/h5-11,17H,12-13H2,1-4H3,(H,23,25). The Morgan fingerprint density at radius 2 is 1.93 bits per heavy atom. The Balaban J connectivity index is 1.86. The highest BCUT2D eigenvalue weighted by molar-refractivity contribution is 7.92. The molecule has 3 rings (SSSR count). The molecule has 1 N–H and O–H groups in total. The molecule has 2 aromatic carbocycles. The van der Waals surface area contributed by atoms with Gasteiger partial charge in [-0.25, -0.2) is 8.42 Å². The second kappa shape index (κ2) is 7.88. The lowest BCUT2D eigenvalue weighted by Gasteiger charge is -2.38. The highest BCUT2D eigenvalue weighted by Crippen LogP contribution is 2.39. The second-order valence-corrected chi connectivity index (χ2v) is 10.2. The molecule has 1 aliphatic rings. The van der Waals surface area contributed by atoms with Crippen molar-refractivity contribution >= 4 is 33.2 Å². The van der Waals surface area contributed by atoms with Crippen LogP contribution >= 0.6 is 11.6 Å². The lowest BCUT2D eigenvalue weighted by molar-refractivity contribution is -0.120. The van der Waals surface area contributed by atoms with Gasteiger partial charge in [-0.2, -0.15) is 0 Å². The van der Waals surface area contributed by atoms with Crippen molar-refractivity contribution in [3.8, 4) is 5.75 Å². The number of hydrogen-bond donors (Lipinski definition) is 1. The van der Waals surface area contributed by atoms with Crippen LogP contribution in [0.4, 0.5) is 5.69 Å². The van der Waals surface area contributed by atoms with E-state index < -0.39 is 21.5 Å². The van der Waals surface area contributed by atoms with E-state index in [2.05, 4.69) is 5.32 Å². The molecule has 0 bridgehead atoms. The third-order valence-corrected chi connectivity index (χ3v) is 6.44. The number of carbonyl (C=O) groups excluding carboxylic acids is 1. The number of rotatable bonds is 5. The fourth-order valence-electron chi connectivity index (χ4n) is 3.55. The molecule has 156 valence electrons. The van der Waals surface area contributed by atoms with E-state index >= 15 is 0 Å². The van der Waals surface area contributed by atoms with Crippen molar-refractivity contribution in [2.45, 2.75) is 38.8 Å². The van der Waals surface area contributed by atoms with Crippen molar-refractivity contribution < 1.29 is 17.9 Å². The first-order valence-corrected chi connectivity index (χ1v) is 11.5. The Morgan fingerprint density at radius 1 is 1.24 bits per heavy atom. The number of nitrogens with zero attached hydrogens (tertiary/aromatic N) is 1. The number of nitrogens with one attached hydrogen (secondary N) is 1. The Bertz CT molecular complexity index is 1040. The molecule has 0 radical (unpaired) electrons. The van der Waals surface area contributed by atoms with Crippen LogP contribution in [0.1, 0.15) is 37.4 Å². The zero-order valence-electron chi connectivity index (χ0n) is 16.9. The Kier molecular flexibility index (Phi) is 5.83. The maximum absolute atomic E-state index is 12.9. The molecular formula is C21H25ClN2O4S. The summed E-state index contributed by atoms with van der Waals surface area (Å²) >= 11 is 6.15. The molecule has 6 nitrogen and oxygen atoms in total. The number of ether oxygens (including phenoxy) is 1. The van der Waals surface area contributed by atoms with Crippen molar-refractivity contribution in [3.05, 3.63) is 58.6 Å². The average molecular weight is 437 g/mol. The van der Waals surface area contributed by atoms with E-state index in [1.165, 1.54) is 0 Å². The first-order chi connectivity index (χ1) is 13.5. The smallest absolute Gasteiger partial charge is 0.241 e. The minimum absolute atomic E-state index is 0.274. The van der Waals surface area contributed by atoms with Crippen LogP contribution in [0.3, 0.4) is 0 Å². The molecule has 1 atom stereocenters. The first-order valence-electron chi connectivity index (χ1n) is 9.28. The van der Waals surface area contributed by atoms with Gasteiger partial charge in [0.25, 0.3) is 0 Å². The lowest BCUT2D eigenvalue weighted by Crippen LogP contribution is -2.45. The van der Waals surface area contributed by atoms with Gasteiger partial charge < -0.3 is 10.1 Å². The minimum Gasteiger partial charge on any atom is -0.487 e. The number of amides is 1. The molecule has 1 amide bonds. The van der Waals surface area contributed by atoms with Crippen molar-refractivity contribution in [1.82, 2.24) is 5.32 Å². The fraction of sp³-hybridized carbons (Fsp3) is 0.381. The van der Waals surface area contributed by atoms with Crippen LogP contribution < -0.4 is 14.4 Å². The number of sulfonamides is 1. The largest absolute Gasteiger partial charge is 0.487 e. The number of anilines is 1. The highest BCUT2D eigenvalue weighted by Gasteiger charge is 2.35. The van der Waals surface area contributed by atoms with Crippen LogP contribution in [-0.2, 0) is 14.8 Å². The molecule has 8 heteroatoms. The van der Waals surface area contributed by atoms with Crippen LogP contribution in [0.5, 0.6) is 5.75 Å². The molecule has 1 unspecified atom stereocenters. The van der Waals surface area contributed by atoms with Gasteiger partial charge in [-0.15, -0.1) is 0 Å². The van der Waals surface area contributed by atoms with Gasteiger partial charge in [0.15, 0.2) is 0 Å². The number of carbonyl (C=O) groups is 1. The number of hydrogen-bond acceptors (Lipinski definition) is 4. The van der Waals surface area contributed by atoms with Gasteiger partial charge >= 0.3 is 0 Å². The summed E-state index contributed by atoms with van der Waals surface area (Å²) < 4.78 is 31.9. The SMILES string of the molecule is Cc1c(Cl)cccc1N(CC(=O)NC1CC(C)(C)Oc2ccccc21)S(C)(=O)=O. The zero-order chi connectivity index (χ0) is 21.4. The van der Waals surface area contributed by atoms with Crippen LogP contribution in [0.2, 0.25) is 5.02 Å². The molecule has 2 aromatic rings. The van der Waals surface area contributed by atoms with Gasteiger partial charge in [0.2, 0.25) is 15.9 Å². The molecule has 0 saturated heterocycles. The lowest BCUT2D eigenvalue weighted by atomic mass is 9.89. The van der Waals surface area contributed by atoms with E-state index in [-0.39, 0.29) is 12.6 Å². The molecule has 0 saturated carbocycles. The first kappa shape index (κ1) is 21.5. The van der Waals surface area contributed by atoms with Crippen molar-refractivity contribution in [2.24, 2.45) is 0 Å². The zero-order valence-corrected chi connectivity index (χ0v) is 18.5. The van der Waals surface area contributed by atoms with Crippen molar-refractivity contribution in [1.29, 1.82) is 0 Å². The molecule has 29 heavy (non-hydrogen) atoms. The molecular weight excluding hydrogens is 412 g/mol. The number of benzene rings is 2. The number of para-hydroxylation sites is 1. The van der Waals surface area contributed by atoms with E-state index in [0.717, 1.165) is 21.9 Å². The quantitative estimate of drug-likeness (QED) is 0.772. The van der Waals surface area contributed by atoms with Gasteiger partial charge in [0.05, 0.1) is 18.0 Å². The van der Waals surface area contributed by atoms with Crippen molar-refractivity contribution in [3.63, 3.8) is 0 Å². The fourth-order valence-corrected chi connectivity index (χ4v) is 4.63. The maximum Gasteiger partial charge on any atom is 0.241 e. The minimum atomic E-state index is -3.69.